The van der Waals surface area contributed by atoms with Crippen molar-refractivity contribution in [2.75, 3.05) is 0 Å². The van der Waals surface area contributed by atoms with Crippen molar-refractivity contribution in [3.8, 4) is 0 Å². The highest BCUT2D eigenvalue weighted by molar-refractivity contribution is 5.95. The fourth-order valence-electron chi connectivity index (χ4n) is 2.14. The molecule has 1 unspecified atom stereocenters. The Kier molecular flexibility index (Phi) is 3.59. The number of hydrogen-bond donors (Lipinski definition) is 2. The van der Waals surface area contributed by atoms with E-state index in [0.717, 1.165) is 11.1 Å². The molecule has 2 aromatic rings. The molecule has 0 aliphatic carbocycles. The Labute approximate surface area is 109 Å². The standard InChI is InChI=1S/C14H11NO2.FH2N/c15-14(10-6-2-1-3-7-10)12-9-5-4-8-11(12)13(16)17-14;1-2/h1-9H,15H2;2H2. The molecule has 5 heteroatoms. The maximum Gasteiger partial charge on any atom is 0.340 e. The van der Waals surface area contributed by atoms with Crippen LogP contribution in [-0.2, 0) is 10.5 Å². The predicted molar refractivity (Wildman–Crippen MR) is 68.6 cm³/mol. The van der Waals surface area contributed by atoms with Crippen molar-refractivity contribution in [3.05, 3.63) is 71.3 Å². The van der Waals surface area contributed by atoms with Gasteiger partial charge in [0.25, 0.3) is 0 Å². The maximum absolute atomic E-state index is 11.8. The molecule has 0 bridgehead atoms. The molecule has 2 aromatic carbocycles. The number of esters is 1. The van der Waals surface area contributed by atoms with E-state index in [0.29, 0.717) is 5.56 Å². The average Bonchev–Trinajstić information content (AvgIpc) is 2.76. The van der Waals surface area contributed by atoms with E-state index in [1.165, 1.54) is 0 Å². The second kappa shape index (κ2) is 5.17. The molecule has 1 atom stereocenters. The van der Waals surface area contributed by atoms with E-state index in [-0.39, 0.29) is 5.97 Å². The van der Waals surface area contributed by atoms with E-state index < -0.39 is 5.72 Å². The fraction of sp³-hybridized carbons (Fsp3) is 0.0714. The molecule has 3 rings (SSSR count). The molecule has 0 amide bonds. The van der Waals surface area contributed by atoms with E-state index in [2.05, 4.69) is 5.96 Å². The molecule has 98 valence electrons. The van der Waals surface area contributed by atoms with Gasteiger partial charge in [0.15, 0.2) is 0 Å². The molecule has 1 aliphatic rings. The van der Waals surface area contributed by atoms with Gasteiger partial charge in [0.1, 0.15) is 0 Å². The molecule has 0 aromatic heterocycles. The molecule has 4 N–H and O–H groups in total. The summed E-state index contributed by atoms with van der Waals surface area (Å²) in [5, 5.41) is 0. The van der Waals surface area contributed by atoms with Crippen molar-refractivity contribution in [3.63, 3.8) is 0 Å². The van der Waals surface area contributed by atoms with Crippen LogP contribution in [0.15, 0.2) is 54.6 Å². The van der Waals surface area contributed by atoms with Gasteiger partial charge in [-0.2, -0.15) is 5.96 Å². The molecular formula is C14H13FN2O2. The number of nitrogens with two attached hydrogens (primary N) is 2. The number of hydrogen-bond acceptors (Lipinski definition) is 4. The van der Waals surface area contributed by atoms with Crippen LogP contribution in [0, 0.1) is 0 Å². The lowest BCUT2D eigenvalue weighted by atomic mass is 9.94. The average molecular weight is 260 g/mol. The zero-order chi connectivity index (χ0) is 13.9. The van der Waals surface area contributed by atoms with Crippen molar-refractivity contribution in [1.82, 2.24) is 0 Å². The van der Waals surface area contributed by atoms with Crippen molar-refractivity contribution in [2.45, 2.75) is 5.72 Å². The number of carbonyl (C=O) groups is 1. The Bertz CT molecular complexity index is 589. The first kappa shape index (κ1) is 13.2. The van der Waals surface area contributed by atoms with Crippen LogP contribution >= 0.6 is 0 Å². The number of cyclic esters (lactones) is 1. The van der Waals surface area contributed by atoms with Crippen LogP contribution in [0.2, 0.25) is 0 Å². The van der Waals surface area contributed by atoms with Gasteiger partial charge in [0.2, 0.25) is 5.72 Å². The van der Waals surface area contributed by atoms with E-state index in [9.17, 15) is 4.79 Å². The zero-order valence-corrected chi connectivity index (χ0v) is 10.0. The highest BCUT2D eigenvalue weighted by atomic mass is 19.2. The molecule has 0 saturated carbocycles. The molecule has 1 aliphatic heterocycles. The molecule has 0 spiro atoms. The van der Waals surface area contributed by atoms with Gasteiger partial charge in [-0.3, -0.25) is 5.73 Å². The summed E-state index contributed by atoms with van der Waals surface area (Å²) in [6.07, 6.45) is 0. The zero-order valence-electron chi connectivity index (χ0n) is 10.0. The summed E-state index contributed by atoms with van der Waals surface area (Å²) in [4.78, 5) is 11.8. The summed E-state index contributed by atoms with van der Waals surface area (Å²) in [5.74, 6) is 2.63. The minimum Gasteiger partial charge on any atom is -0.432 e. The Morgan fingerprint density at radius 3 is 2.21 bits per heavy atom. The molecule has 4 nitrogen and oxygen atoms in total. The Morgan fingerprint density at radius 1 is 0.947 bits per heavy atom. The molecule has 19 heavy (non-hydrogen) atoms. The van der Waals surface area contributed by atoms with Gasteiger partial charge in [-0.15, -0.1) is 4.48 Å². The second-order valence-electron chi connectivity index (χ2n) is 4.04. The van der Waals surface area contributed by atoms with Crippen LogP contribution in [0.25, 0.3) is 0 Å². The van der Waals surface area contributed by atoms with Gasteiger partial charge in [0.05, 0.1) is 5.56 Å². The lowest BCUT2D eigenvalue weighted by Crippen LogP contribution is -2.37. The Balaban J connectivity index is 0.000000637. The molecule has 0 saturated heterocycles. The number of fused-ring (bicyclic) bond motifs is 1. The van der Waals surface area contributed by atoms with Crippen molar-refractivity contribution >= 4 is 5.97 Å². The molecule has 1 heterocycles. The number of ether oxygens (including phenoxy) is 1. The number of benzene rings is 2. The molecular weight excluding hydrogens is 247 g/mol. The van der Waals surface area contributed by atoms with Crippen molar-refractivity contribution < 1.29 is 14.0 Å². The van der Waals surface area contributed by atoms with Gasteiger partial charge in [-0.1, -0.05) is 48.5 Å². The summed E-state index contributed by atoms with van der Waals surface area (Å²) < 4.78 is 14.3. The summed E-state index contributed by atoms with van der Waals surface area (Å²) in [5.41, 5.74) is 7.12. The highest BCUT2D eigenvalue weighted by Gasteiger charge is 2.43. The molecule has 0 radical (unpaired) electrons. The van der Waals surface area contributed by atoms with E-state index in [1.54, 1.807) is 12.1 Å². The fourth-order valence-corrected chi connectivity index (χ4v) is 2.14. The Hall–Kier alpha value is -2.24. The highest BCUT2D eigenvalue weighted by Crippen LogP contribution is 2.37. The second-order valence-corrected chi connectivity index (χ2v) is 4.04. The minimum absolute atomic E-state index is 0.369. The molecule has 0 fully saturated rings. The number of rotatable bonds is 1. The monoisotopic (exact) mass is 260 g/mol. The predicted octanol–water partition coefficient (Wildman–Crippen LogP) is 1.85. The first-order valence-corrected chi connectivity index (χ1v) is 5.61. The van der Waals surface area contributed by atoms with E-state index in [1.807, 2.05) is 42.5 Å². The van der Waals surface area contributed by atoms with Gasteiger partial charge in [0, 0.05) is 11.1 Å². The van der Waals surface area contributed by atoms with Crippen LogP contribution in [0.5, 0.6) is 0 Å². The first-order chi connectivity index (χ1) is 9.22. The third-order valence-electron chi connectivity index (χ3n) is 3.00. The lowest BCUT2D eigenvalue weighted by Gasteiger charge is -2.24. The summed E-state index contributed by atoms with van der Waals surface area (Å²) in [6, 6.07) is 16.6. The maximum atomic E-state index is 11.8. The van der Waals surface area contributed by atoms with Crippen LogP contribution < -0.4 is 11.7 Å². The number of carbonyl (C=O) groups excluding carboxylic acids is 1. The van der Waals surface area contributed by atoms with E-state index >= 15 is 0 Å². The van der Waals surface area contributed by atoms with Crippen LogP contribution in [-0.4, -0.2) is 5.97 Å². The van der Waals surface area contributed by atoms with Gasteiger partial charge in [-0.25, -0.2) is 4.79 Å². The third-order valence-corrected chi connectivity index (χ3v) is 3.00. The van der Waals surface area contributed by atoms with Gasteiger partial charge >= 0.3 is 5.97 Å². The lowest BCUT2D eigenvalue weighted by molar-refractivity contribution is 0.0133. The smallest absolute Gasteiger partial charge is 0.340 e. The van der Waals surface area contributed by atoms with Crippen LogP contribution in [0.1, 0.15) is 21.5 Å². The summed E-state index contributed by atoms with van der Waals surface area (Å²) in [6.45, 7) is 0. The van der Waals surface area contributed by atoms with Gasteiger partial charge in [-0.05, 0) is 6.07 Å². The van der Waals surface area contributed by atoms with Gasteiger partial charge < -0.3 is 4.74 Å². The summed E-state index contributed by atoms with van der Waals surface area (Å²) >= 11 is 0. The minimum atomic E-state index is -1.16. The number of halogens is 1. The summed E-state index contributed by atoms with van der Waals surface area (Å²) in [7, 11) is 0. The van der Waals surface area contributed by atoms with Crippen LogP contribution in [0.3, 0.4) is 0 Å². The van der Waals surface area contributed by atoms with E-state index in [4.69, 9.17) is 15.0 Å². The third kappa shape index (κ3) is 2.09. The first-order valence-electron chi connectivity index (χ1n) is 5.61. The normalized spacial score (nSPS) is 20.1. The topological polar surface area (TPSA) is 78.3 Å². The largest absolute Gasteiger partial charge is 0.432 e. The SMILES string of the molecule is NC1(c2ccccc2)OC(=O)c2ccccc21.NF. The van der Waals surface area contributed by atoms with Crippen molar-refractivity contribution in [1.29, 1.82) is 0 Å². The van der Waals surface area contributed by atoms with Crippen molar-refractivity contribution in [2.24, 2.45) is 11.7 Å². The Morgan fingerprint density at radius 2 is 1.53 bits per heavy atom. The van der Waals surface area contributed by atoms with Crippen LogP contribution in [0.4, 0.5) is 4.48 Å². The quantitative estimate of drug-likeness (QED) is 0.606.